The molecule has 5 aromatic rings. The van der Waals surface area contributed by atoms with Crippen LogP contribution in [0.25, 0.3) is 28.1 Å². The Balaban J connectivity index is 1.52. The molecule has 40 heavy (non-hydrogen) atoms. The van der Waals surface area contributed by atoms with Crippen LogP contribution in [0.2, 0.25) is 0 Å². The topological polar surface area (TPSA) is 49.0 Å². The van der Waals surface area contributed by atoms with Gasteiger partial charge in [0.05, 0.1) is 34.8 Å². The van der Waals surface area contributed by atoms with Gasteiger partial charge in [-0.05, 0) is 52.3 Å². The zero-order valence-electron chi connectivity index (χ0n) is 22.0. The number of fused-ring (bicyclic) bond motifs is 2. The summed E-state index contributed by atoms with van der Waals surface area (Å²) < 4.78 is 0. The third-order valence-corrected chi connectivity index (χ3v) is 8.05. The van der Waals surface area contributed by atoms with Gasteiger partial charge < -0.3 is 0 Å². The first-order valence-corrected chi connectivity index (χ1v) is 13.8. The van der Waals surface area contributed by atoms with Crippen molar-refractivity contribution in [3.8, 4) is 28.5 Å². The average molecular weight is 514 g/mol. The summed E-state index contributed by atoms with van der Waals surface area (Å²) in [5.74, 6) is -0.458. The predicted molar refractivity (Wildman–Crippen MR) is 162 cm³/mol. The maximum Gasteiger partial charge on any atom is 0.0997 e. The Labute approximate surface area is 234 Å². The second-order valence-corrected chi connectivity index (χ2v) is 10.3. The highest BCUT2D eigenvalue weighted by Crippen LogP contribution is 2.49. The van der Waals surface area contributed by atoms with E-state index in [0.717, 1.165) is 52.3 Å². The van der Waals surface area contributed by atoms with Gasteiger partial charge in [0.2, 0.25) is 0 Å². The summed E-state index contributed by atoms with van der Waals surface area (Å²) in [5, 5.41) is 10.6. The molecule has 7 rings (SSSR count). The molecule has 1 aromatic heterocycles. The lowest BCUT2D eigenvalue weighted by Crippen LogP contribution is -2.30. The lowest BCUT2D eigenvalue weighted by Gasteiger charge is -2.35. The van der Waals surface area contributed by atoms with E-state index < -0.39 is 0 Å². The molecule has 3 nitrogen and oxygen atoms in total. The van der Waals surface area contributed by atoms with E-state index in [1.54, 1.807) is 0 Å². The van der Waals surface area contributed by atoms with Crippen LogP contribution in [0.4, 0.5) is 0 Å². The third-order valence-electron chi connectivity index (χ3n) is 8.05. The Hall–Kier alpha value is -5.07. The van der Waals surface area contributed by atoms with Crippen molar-refractivity contribution < 1.29 is 0 Å². The van der Waals surface area contributed by atoms with Crippen molar-refractivity contribution in [1.82, 2.24) is 4.98 Å². The fraction of sp³-hybridized carbons (Fsp3) is 0.108. The molecule has 0 saturated carbocycles. The van der Waals surface area contributed by atoms with E-state index in [2.05, 4.69) is 103 Å². The first-order valence-electron chi connectivity index (χ1n) is 13.8. The molecule has 3 heteroatoms. The van der Waals surface area contributed by atoms with Gasteiger partial charge in [-0.15, -0.1) is 0 Å². The highest BCUT2D eigenvalue weighted by Gasteiger charge is 2.40. The largest absolute Gasteiger partial charge is 0.249 e. The molecule has 2 unspecified atom stereocenters. The summed E-state index contributed by atoms with van der Waals surface area (Å²) in [4.78, 5) is 10.6. The molecule has 190 valence electrons. The smallest absolute Gasteiger partial charge is 0.0997 e. The number of allylic oxidation sites excluding steroid dienone is 1. The van der Waals surface area contributed by atoms with E-state index >= 15 is 0 Å². The lowest BCUT2D eigenvalue weighted by atomic mass is 9.70. The van der Waals surface area contributed by atoms with Crippen LogP contribution in [0.3, 0.4) is 0 Å². The number of aliphatic imine (C=N–C) groups is 1. The first-order chi connectivity index (χ1) is 19.8. The van der Waals surface area contributed by atoms with Crippen LogP contribution in [-0.2, 0) is 6.42 Å². The van der Waals surface area contributed by atoms with Gasteiger partial charge in [-0.3, -0.25) is 0 Å². The fourth-order valence-corrected chi connectivity index (χ4v) is 6.20. The van der Waals surface area contributed by atoms with E-state index in [0.29, 0.717) is 0 Å². The highest BCUT2D eigenvalue weighted by molar-refractivity contribution is 6.09. The van der Waals surface area contributed by atoms with Gasteiger partial charge in [0, 0.05) is 11.5 Å². The van der Waals surface area contributed by atoms with Gasteiger partial charge in [-0.25, -0.2) is 9.98 Å². The van der Waals surface area contributed by atoms with Crippen LogP contribution in [-0.4, -0.2) is 10.7 Å². The zero-order valence-corrected chi connectivity index (χ0v) is 22.0. The highest BCUT2D eigenvalue weighted by atomic mass is 14.9. The number of pyridine rings is 1. The van der Waals surface area contributed by atoms with Crippen LogP contribution in [0, 0.1) is 17.2 Å². The second-order valence-electron chi connectivity index (χ2n) is 10.3. The molecule has 0 amide bonds. The van der Waals surface area contributed by atoms with E-state index in [9.17, 15) is 5.26 Å². The first kappa shape index (κ1) is 24.0. The number of hydrogen-bond acceptors (Lipinski definition) is 3. The fourth-order valence-electron chi connectivity index (χ4n) is 6.20. The number of hydrogen-bond donors (Lipinski definition) is 0. The molecule has 0 bridgehead atoms. The summed E-state index contributed by atoms with van der Waals surface area (Å²) >= 11 is 0. The molecule has 2 heterocycles. The normalized spacial score (nSPS) is 17.8. The van der Waals surface area contributed by atoms with Gasteiger partial charge in [0.1, 0.15) is 0 Å². The predicted octanol–water partition coefficient (Wildman–Crippen LogP) is 8.50. The number of nitrogens with zero attached hydrogens (tertiary/aromatic N) is 3. The van der Waals surface area contributed by atoms with Crippen molar-refractivity contribution in [2.45, 2.75) is 18.8 Å². The molecule has 0 spiro atoms. The molecule has 0 radical (unpaired) electrons. The Bertz CT molecular complexity index is 1780. The Morgan fingerprint density at radius 1 is 0.650 bits per heavy atom. The minimum absolute atomic E-state index is 0.0792. The molecular weight excluding hydrogens is 486 g/mol. The number of aromatic nitrogens is 1. The van der Waals surface area contributed by atoms with E-state index in [1.165, 1.54) is 22.3 Å². The number of nitriles is 1. The summed E-state index contributed by atoms with van der Waals surface area (Å²) in [7, 11) is 0. The van der Waals surface area contributed by atoms with Gasteiger partial charge in [-0.2, -0.15) is 5.26 Å². The van der Waals surface area contributed by atoms with E-state index in [4.69, 9.17) is 9.98 Å². The molecule has 0 fully saturated rings. The minimum atomic E-state index is -0.379. The van der Waals surface area contributed by atoms with Gasteiger partial charge in [0.15, 0.2) is 0 Å². The Kier molecular flexibility index (Phi) is 6.15. The lowest BCUT2D eigenvalue weighted by molar-refractivity contribution is 0.659. The van der Waals surface area contributed by atoms with Gasteiger partial charge >= 0.3 is 0 Å². The van der Waals surface area contributed by atoms with E-state index in [-0.39, 0.29) is 11.8 Å². The molecule has 4 aromatic carbocycles. The van der Waals surface area contributed by atoms with Crippen molar-refractivity contribution >= 4 is 11.4 Å². The molecular formula is C37H27N3. The number of benzene rings is 4. The van der Waals surface area contributed by atoms with Crippen molar-refractivity contribution in [3.63, 3.8) is 0 Å². The molecule has 2 aliphatic rings. The van der Waals surface area contributed by atoms with Crippen LogP contribution < -0.4 is 0 Å². The third kappa shape index (κ3) is 4.15. The van der Waals surface area contributed by atoms with Crippen LogP contribution in [0.5, 0.6) is 0 Å². The van der Waals surface area contributed by atoms with Crippen molar-refractivity contribution in [1.29, 1.82) is 5.26 Å². The molecule has 1 aliphatic heterocycles. The molecule has 1 aliphatic carbocycles. The quantitative estimate of drug-likeness (QED) is 0.242. The van der Waals surface area contributed by atoms with Crippen molar-refractivity contribution in [2.75, 3.05) is 0 Å². The summed E-state index contributed by atoms with van der Waals surface area (Å²) in [6.45, 7) is 0. The SMILES string of the molecule is N#CC1C(c2ccccc2)=NC2=C(CCc3c(-c4ccccc4)cc(-c4ccccc4)nc32)C1c1ccccc1. The van der Waals surface area contributed by atoms with Crippen LogP contribution in [0.15, 0.2) is 138 Å². The van der Waals surface area contributed by atoms with Crippen molar-refractivity contribution in [2.24, 2.45) is 10.9 Å². The summed E-state index contributed by atoms with van der Waals surface area (Å²) in [6, 6.07) is 46.4. The minimum Gasteiger partial charge on any atom is -0.249 e. The number of rotatable bonds is 4. The van der Waals surface area contributed by atoms with Gasteiger partial charge in [-0.1, -0.05) is 121 Å². The van der Waals surface area contributed by atoms with Crippen LogP contribution >= 0.6 is 0 Å². The average Bonchev–Trinajstić information content (AvgIpc) is 3.04. The Morgan fingerprint density at radius 3 is 1.85 bits per heavy atom. The second kappa shape index (κ2) is 10.2. The zero-order chi connectivity index (χ0) is 26.9. The van der Waals surface area contributed by atoms with Crippen molar-refractivity contribution in [3.05, 3.63) is 155 Å². The summed E-state index contributed by atoms with van der Waals surface area (Å²) in [6.07, 6.45) is 1.70. The summed E-state index contributed by atoms with van der Waals surface area (Å²) in [5.41, 5.74) is 11.6. The molecule has 0 N–H and O–H groups in total. The maximum absolute atomic E-state index is 10.6. The van der Waals surface area contributed by atoms with Crippen LogP contribution in [0.1, 0.15) is 34.7 Å². The Morgan fingerprint density at radius 2 is 1.23 bits per heavy atom. The monoisotopic (exact) mass is 513 g/mol. The van der Waals surface area contributed by atoms with Gasteiger partial charge in [0.25, 0.3) is 0 Å². The standard InChI is InChI=1S/C37H27N3/c38-24-32-34(27-17-9-3-10-18-27)30-22-21-29-31(25-13-5-1-6-14-25)23-33(26-15-7-2-8-16-26)39-36(29)37(30)40-35(32)28-19-11-4-12-20-28/h1-20,23,32,34H,21-22H2. The maximum atomic E-state index is 10.6. The molecule has 2 atom stereocenters. The molecule has 0 saturated heterocycles. The van der Waals surface area contributed by atoms with E-state index in [1.807, 2.05) is 30.3 Å².